The van der Waals surface area contributed by atoms with Crippen LogP contribution < -0.4 is 15.2 Å². The minimum Gasteiger partial charge on any atom is -0.486 e. The predicted octanol–water partition coefficient (Wildman–Crippen LogP) is 1.87. The molecular formula is C12H11N3O3S2. The molecule has 0 saturated carbocycles. The second-order valence-corrected chi connectivity index (χ2v) is 6.21. The minimum atomic E-state index is 0.000690. The van der Waals surface area contributed by atoms with E-state index in [4.69, 9.17) is 15.2 Å². The molecule has 0 amide bonds. The van der Waals surface area contributed by atoms with Gasteiger partial charge in [-0.3, -0.25) is 4.79 Å². The summed E-state index contributed by atoms with van der Waals surface area (Å²) >= 11 is 2.59. The highest BCUT2D eigenvalue weighted by molar-refractivity contribution is 8.01. The number of nitrogens with two attached hydrogens (primary N) is 1. The minimum absolute atomic E-state index is 0.000690. The Hall–Kier alpha value is -1.80. The van der Waals surface area contributed by atoms with Crippen LogP contribution in [0.15, 0.2) is 22.5 Å². The molecule has 6 nitrogen and oxygen atoms in total. The van der Waals surface area contributed by atoms with Crippen LogP contribution in [0.3, 0.4) is 0 Å². The first-order chi connectivity index (χ1) is 9.72. The summed E-state index contributed by atoms with van der Waals surface area (Å²) < 4.78 is 11.6. The van der Waals surface area contributed by atoms with E-state index in [0.29, 0.717) is 39.7 Å². The van der Waals surface area contributed by atoms with Crippen LogP contribution in [-0.4, -0.2) is 34.9 Å². The van der Waals surface area contributed by atoms with E-state index in [-0.39, 0.29) is 11.5 Å². The summed E-state index contributed by atoms with van der Waals surface area (Å²) in [4.78, 5) is 12.1. The van der Waals surface area contributed by atoms with Crippen LogP contribution >= 0.6 is 23.1 Å². The zero-order chi connectivity index (χ0) is 13.9. The number of carbonyl (C=O) groups excluding carboxylic acids is 1. The summed E-state index contributed by atoms with van der Waals surface area (Å²) in [6, 6.07) is 5.21. The first-order valence-electron chi connectivity index (χ1n) is 5.87. The van der Waals surface area contributed by atoms with Gasteiger partial charge in [-0.25, -0.2) is 0 Å². The second kappa shape index (κ2) is 5.68. The van der Waals surface area contributed by atoms with Crippen molar-refractivity contribution in [2.24, 2.45) is 0 Å². The molecule has 0 fully saturated rings. The standard InChI is InChI=1S/C12H11N3O3S2/c13-11-14-15-12(20-11)19-6-8(16)7-1-2-9-10(5-7)18-4-3-17-9/h1-2,5H,3-4,6H2,(H2,13,14). The highest BCUT2D eigenvalue weighted by Gasteiger charge is 2.15. The summed E-state index contributed by atoms with van der Waals surface area (Å²) in [5, 5.41) is 7.97. The summed E-state index contributed by atoms with van der Waals surface area (Å²) in [5.41, 5.74) is 6.09. The van der Waals surface area contributed by atoms with Crippen molar-refractivity contribution in [2.45, 2.75) is 4.34 Å². The van der Waals surface area contributed by atoms with Gasteiger partial charge < -0.3 is 15.2 Å². The molecule has 0 radical (unpaired) electrons. The normalized spacial score (nSPS) is 13.2. The van der Waals surface area contributed by atoms with Gasteiger partial charge in [0.05, 0.1) is 5.75 Å². The average Bonchev–Trinajstić information content (AvgIpc) is 2.90. The molecule has 2 aromatic rings. The largest absolute Gasteiger partial charge is 0.486 e. The van der Waals surface area contributed by atoms with Gasteiger partial charge in [0.2, 0.25) is 5.13 Å². The van der Waals surface area contributed by atoms with E-state index in [0.717, 1.165) is 0 Å². The summed E-state index contributed by atoms with van der Waals surface area (Å²) in [5.74, 6) is 1.58. The second-order valence-electron chi connectivity index (χ2n) is 3.98. The van der Waals surface area contributed by atoms with Crippen LogP contribution in [0.5, 0.6) is 11.5 Å². The molecule has 20 heavy (non-hydrogen) atoms. The quantitative estimate of drug-likeness (QED) is 0.681. The van der Waals surface area contributed by atoms with Crippen molar-refractivity contribution in [3.8, 4) is 11.5 Å². The summed E-state index contributed by atoms with van der Waals surface area (Å²) in [6.07, 6.45) is 0. The van der Waals surface area contributed by atoms with Gasteiger partial charge in [-0.05, 0) is 18.2 Å². The molecular weight excluding hydrogens is 298 g/mol. The molecule has 0 atom stereocenters. The van der Waals surface area contributed by atoms with Gasteiger partial charge in [-0.1, -0.05) is 23.1 Å². The predicted molar refractivity (Wildman–Crippen MR) is 76.8 cm³/mol. The lowest BCUT2D eigenvalue weighted by molar-refractivity contribution is 0.102. The lowest BCUT2D eigenvalue weighted by atomic mass is 10.1. The number of fused-ring (bicyclic) bond motifs is 1. The number of hydrogen-bond donors (Lipinski definition) is 1. The van der Waals surface area contributed by atoms with E-state index in [1.807, 2.05) is 0 Å². The number of hydrogen-bond acceptors (Lipinski definition) is 8. The number of ether oxygens (including phenoxy) is 2. The number of ketones is 1. The Balaban J connectivity index is 1.67. The van der Waals surface area contributed by atoms with Crippen LogP contribution in [0.25, 0.3) is 0 Å². The first-order valence-corrected chi connectivity index (χ1v) is 7.67. The van der Waals surface area contributed by atoms with E-state index in [9.17, 15) is 4.79 Å². The monoisotopic (exact) mass is 309 g/mol. The fraction of sp³-hybridized carbons (Fsp3) is 0.250. The maximum atomic E-state index is 12.1. The van der Waals surface area contributed by atoms with Crippen molar-refractivity contribution < 1.29 is 14.3 Å². The average molecular weight is 309 g/mol. The number of Topliss-reactive ketones (excluding diaryl/α,β-unsaturated/α-hetero) is 1. The fourth-order valence-corrected chi connectivity index (χ4v) is 3.24. The van der Waals surface area contributed by atoms with Gasteiger partial charge in [0.1, 0.15) is 13.2 Å². The molecule has 0 bridgehead atoms. The number of thioether (sulfide) groups is 1. The van der Waals surface area contributed by atoms with Crippen molar-refractivity contribution in [1.82, 2.24) is 10.2 Å². The van der Waals surface area contributed by atoms with Gasteiger partial charge >= 0.3 is 0 Å². The van der Waals surface area contributed by atoms with Crippen molar-refractivity contribution >= 4 is 34.0 Å². The molecule has 104 valence electrons. The smallest absolute Gasteiger partial charge is 0.203 e. The van der Waals surface area contributed by atoms with Crippen molar-refractivity contribution in [3.63, 3.8) is 0 Å². The maximum Gasteiger partial charge on any atom is 0.203 e. The molecule has 1 aromatic carbocycles. The number of nitrogen functional groups attached to an aromatic ring is 1. The number of carbonyl (C=O) groups is 1. The lowest BCUT2D eigenvalue weighted by Gasteiger charge is -2.18. The molecule has 0 spiro atoms. The third-order valence-corrected chi connectivity index (χ3v) is 4.50. The molecule has 1 aliphatic heterocycles. The molecule has 2 heterocycles. The fourth-order valence-electron chi connectivity index (χ4n) is 1.71. The third kappa shape index (κ3) is 2.86. The Morgan fingerprint density at radius 2 is 2.10 bits per heavy atom. The molecule has 1 aromatic heterocycles. The Bertz CT molecular complexity index is 645. The third-order valence-electron chi connectivity index (χ3n) is 2.61. The van der Waals surface area contributed by atoms with Crippen LogP contribution in [0, 0.1) is 0 Å². The van der Waals surface area contributed by atoms with Gasteiger partial charge in [-0.15, -0.1) is 10.2 Å². The number of anilines is 1. The van der Waals surface area contributed by atoms with Crippen LogP contribution in [0.4, 0.5) is 5.13 Å². The highest BCUT2D eigenvalue weighted by atomic mass is 32.2. The number of rotatable bonds is 4. The molecule has 8 heteroatoms. The molecule has 3 rings (SSSR count). The van der Waals surface area contributed by atoms with Gasteiger partial charge in [0.15, 0.2) is 21.6 Å². The zero-order valence-electron chi connectivity index (χ0n) is 10.4. The lowest BCUT2D eigenvalue weighted by Crippen LogP contribution is -2.16. The number of aromatic nitrogens is 2. The Labute approximate surface area is 123 Å². The molecule has 0 unspecified atom stereocenters. The highest BCUT2D eigenvalue weighted by Crippen LogP contribution is 2.31. The van der Waals surface area contributed by atoms with E-state index in [1.165, 1.54) is 23.1 Å². The first kappa shape index (κ1) is 13.2. The van der Waals surface area contributed by atoms with Gasteiger partial charge in [-0.2, -0.15) is 0 Å². The SMILES string of the molecule is Nc1nnc(SCC(=O)c2ccc3c(c2)OCCO3)s1. The molecule has 0 aliphatic carbocycles. The van der Waals surface area contributed by atoms with E-state index < -0.39 is 0 Å². The Morgan fingerprint density at radius 1 is 1.30 bits per heavy atom. The van der Waals surface area contributed by atoms with Crippen molar-refractivity contribution in [1.29, 1.82) is 0 Å². The number of benzene rings is 1. The topological polar surface area (TPSA) is 87.3 Å². The molecule has 0 saturated heterocycles. The summed E-state index contributed by atoms with van der Waals surface area (Å²) in [7, 11) is 0. The maximum absolute atomic E-state index is 12.1. The summed E-state index contributed by atoms with van der Waals surface area (Å²) in [6.45, 7) is 1.04. The molecule has 1 aliphatic rings. The van der Waals surface area contributed by atoms with E-state index >= 15 is 0 Å². The Kier molecular flexibility index (Phi) is 3.75. The zero-order valence-corrected chi connectivity index (χ0v) is 12.0. The van der Waals surface area contributed by atoms with Crippen LogP contribution in [0.2, 0.25) is 0 Å². The van der Waals surface area contributed by atoms with E-state index in [2.05, 4.69) is 10.2 Å². The molecule has 2 N–H and O–H groups in total. The van der Waals surface area contributed by atoms with Crippen LogP contribution in [0.1, 0.15) is 10.4 Å². The Morgan fingerprint density at radius 3 is 2.85 bits per heavy atom. The van der Waals surface area contributed by atoms with Crippen LogP contribution in [-0.2, 0) is 0 Å². The van der Waals surface area contributed by atoms with Crippen molar-refractivity contribution in [3.05, 3.63) is 23.8 Å². The number of nitrogens with zero attached hydrogens (tertiary/aromatic N) is 2. The van der Waals surface area contributed by atoms with Gasteiger partial charge in [0, 0.05) is 5.56 Å². The van der Waals surface area contributed by atoms with E-state index in [1.54, 1.807) is 18.2 Å². The van der Waals surface area contributed by atoms with Crippen molar-refractivity contribution in [2.75, 3.05) is 24.7 Å². The van der Waals surface area contributed by atoms with Gasteiger partial charge in [0.25, 0.3) is 0 Å².